The van der Waals surface area contributed by atoms with Gasteiger partial charge in [-0.1, -0.05) is 42.0 Å². The summed E-state index contributed by atoms with van der Waals surface area (Å²) < 4.78 is 0. The lowest BCUT2D eigenvalue weighted by atomic mass is 10.1. The zero-order valence-electron chi connectivity index (χ0n) is 12.5. The summed E-state index contributed by atoms with van der Waals surface area (Å²) in [6.45, 7) is 5.98. The lowest BCUT2D eigenvalue weighted by molar-refractivity contribution is -0.132. The van der Waals surface area contributed by atoms with Crippen LogP contribution in [0.2, 0.25) is 0 Å². The summed E-state index contributed by atoms with van der Waals surface area (Å²) >= 11 is 4.92. The molecule has 1 amide bonds. The van der Waals surface area contributed by atoms with Crippen LogP contribution in [0, 0.1) is 6.92 Å². The monoisotopic (exact) mass is 305 g/mol. The molecule has 1 aliphatic rings. The van der Waals surface area contributed by atoms with Gasteiger partial charge in [0.25, 0.3) is 0 Å². The molecule has 0 unspecified atom stereocenters. The van der Waals surface area contributed by atoms with E-state index >= 15 is 0 Å². The van der Waals surface area contributed by atoms with E-state index in [1.807, 2.05) is 4.90 Å². The molecule has 0 radical (unpaired) electrons. The van der Waals surface area contributed by atoms with Crippen LogP contribution in [-0.2, 0) is 11.2 Å². The number of aryl methyl sites for hydroxylation is 2. The van der Waals surface area contributed by atoms with E-state index in [9.17, 15) is 4.79 Å². The molecule has 0 bridgehead atoms. The third-order valence-corrected chi connectivity index (χ3v) is 3.98. The molecule has 1 aromatic carbocycles. The van der Waals surface area contributed by atoms with Crippen molar-refractivity contribution in [3.63, 3.8) is 0 Å². The van der Waals surface area contributed by atoms with E-state index in [0.29, 0.717) is 18.0 Å². The molecule has 0 aliphatic carbocycles. The maximum Gasteiger partial charge on any atom is 0.222 e. The van der Waals surface area contributed by atoms with Crippen molar-refractivity contribution in [1.29, 1.82) is 0 Å². The Balaban J connectivity index is 1.74. The van der Waals surface area contributed by atoms with Gasteiger partial charge < -0.3 is 10.6 Å². The Hall–Kier alpha value is -1.46. The van der Waals surface area contributed by atoms with E-state index in [4.69, 9.17) is 18.0 Å². The number of nitrogens with zero attached hydrogens (tertiary/aromatic N) is 2. The predicted octanol–water partition coefficient (Wildman–Crippen LogP) is 1.36. The van der Waals surface area contributed by atoms with Gasteiger partial charge in [-0.15, -0.1) is 0 Å². The van der Waals surface area contributed by atoms with Gasteiger partial charge >= 0.3 is 0 Å². The molecule has 1 aliphatic heterocycles. The molecule has 4 nitrogen and oxygen atoms in total. The van der Waals surface area contributed by atoms with E-state index in [1.165, 1.54) is 11.1 Å². The largest absolute Gasteiger partial charge is 0.392 e. The van der Waals surface area contributed by atoms with Crippen LogP contribution in [0.1, 0.15) is 17.5 Å². The first kappa shape index (κ1) is 15.9. The molecule has 0 spiro atoms. The van der Waals surface area contributed by atoms with Gasteiger partial charge in [0, 0.05) is 39.1 Å². The summed E-state index contributed by atoms with van der Waals surface area (Å²) in [5.41, 5.74) is 8.02. The van der Waals surface area contributed by atoms with Crippen molar-refractivity contribution in [2.24, 2.45) is 5.73 Å². The molecular weight excluding hydrogens is 282 g/mol. The van der Waals surface area contributed by atoms with E-state index in [1.54, 1.807) is 0 Å². The Kier molecular flexibility index (Phi) is 5.70. The number of carbonyl (C=O) groups is 1. The van der Waals surface area contributed by atoms with Gasteiger partial charge in [0.05, 0.1) is 4.99 Å². The van der Waals surface area contributed by atoms with Crippen LogP contribution >= 0.6 is 12.2 Å². The molecule has 1 heterocycles. The molecule has 0 saturated carbocycles. The second-order valence-corrected chi connectivity index (χ2v) is 6.13. The van der Waals surface area contributed by atoms with Gasteiger partial charge in [0.2, 0.25) is 5.91 Å². The Morgan fingerprint density at radius 1 is 1.19 bits per heavy atom. The molecule has 21 heavy (non-hydrogen) atoms. The van der Waals surface area contributed by atoms with Gasteiger partial charge in [-0.05, 0) is 18.9 Å². The Labute approximate surface area is 131 Å². The first-order valence-electron chi connectivity index (χ1n) is 7.38. The number of thiocarbonyl (C=S) groups is 1. The highest BCUT2D eigenvalue weighted by molar-refractivity contribution is 7.80. The fourth-order valence-electron chi connectivity index (χ4n) is 2.54. The highest BCUT2D eigenvalue weighted by Crippen LogP contribution is 2.09. The van der Waals surface area contributed by atoms with Crippen molar-refractivity contribution in [3.05, 3.63) is 35.4 Å². The summed E-state index contributed by atoms with van der Waals surface area (Å²) in [5.74, 6) is 0.241. The summed E-state index contributed by atoms with van der Waals surface area (Å²) in [4.78, 5) is 16.9. The first-order chi connectivity index (χ1) is 10.0. The molecule has 0 aromatic heterocycles. The fraction of sp³-hybridized carbons (Fsp3) is 0.500. The molecule has 5 heteroatoms. The van der Waals surface area contributed by atoms with Crippen molar-refractivity contribution in [1.82, 2.24) is 9.80 Å². The summed E-state index contributed by atoms with van der Waals surface area (Å²) in [6, 6.07) is 8.38. The number of rotatable bonds is 5. The first-order valence-corrected chi connectivity index (χ1v) is 7.79. The molecule has 1 fully saturated rings. The average Bonchev–Trinajstić information content (AvgIpc) is 2.46. The maximum absolute atomic E-state index is 12.2. The maximum atomic E-state index is 12.2. The van der Waals surface area contributed by atoms with Crippen molar-refractivity contribution in [3.8, 4) is 0 Å². The van der Waals surface area contributed by atoms with Crippen LogP contribution in [0.4, 0.5) is 0 Å². The van der Waals surface area contributed by atoms with Gasteiger partial charge in [-0.25, -0.2) is 0 Å². The minimum atomic E-state index is 0.241. The van der Waals surface area contributed by atoms with Gasteiger partial charge in [-0.3, -0.25) is 9.69 Å². The van der Waals surface area contributed by atoms with Crippen LogP contribution in [0.25, 0.3) is 0 Å². The Morgan fingerprint density at radius 3 is 2.38 bits per heavy atom. The van der Waals surface area contributed by atoms with E-state index < -0.39 is 0 Å². The lowest BCUT2D eigenvalue weighted by Gasteiger charge is -2.34. The van der Waals surface area contributed by atoms with E-state index in [-0.39, 0.29) is 5.91 Å². The number of benzene rings is 1. The highest BCUT2D eigenvalue weighted by Gasteiger charge is 2.20. The minimum absolute atomic E-state index is 0.241. The van der Waals surface area contributed by atoms with Crippen molar-refractivity contribution < 1.29 is 4.79 Å². The number of hydrogen-bond acceptors (Lipinski definition) is 3. The lowest BCUT2D eigenvalue weighted by Crippen LogP contribution is -2.50. The molecule has 1 aromatic rings. The molecule has 2 N–H and O–H groups in total. The number of hydrogen-bond donors (Lipinski definition) is 1. The Morgan fingerprint density at radius 2 is 1.81 bits per heavy atom. The van der Waals surface area contributed by atoms with Crippen molar-refractivity contribution in [2.45, 2.75) is 19.8 Å². The standard InChI is InChI=1S/C16H23N3OS/c1-13-2-4-14(5-3-13)6-7-16(20)19-10-8-18(9-11-19)12-15(17)21/h2-5H,6-12H2,1H3,(H2,17,21). The smallest absolute Gasteiger partial charge is 0.222 e. The third kappa shape index (κ3) is 5.10. The van der Waals surface area contributed by atoms with Crippen LogP contribution < -0.4 is 5.73 Å². The molecule has 2 rings (SSSR count). The van der Waals surface area contributed by atoms with E-state index in [0.717, 1.165) is 32.6 Å². The second-order valence-electron chi connectivity index (χ2n) is 5.61. The Bertz CT molecular complexity index is 493. The van der Waals surface area contributed by atoms with Crippen LogP contribution in [0.3, 0.4) is 0 Å². The number of nitrogens with two attached hydrogens (primary N) is 1. The average molecular weight is 305 g/mol. The summed E-state index contributed by atoms with van der Waals surface area (Å²) in [6.07, 6.45) is 1.39. The number of piperazine rings is 1. The van der Waals surface area contributed by atoms with Crippen LogP contribution in [-0.4, -0.2) is 53.4 Å². The number of carbonyl (C=O) groups excluding carboxylic acids is 1. The van der Waals surface area contributed by atoms with E-state index in [2.05, 4.69) is 36.1 Å². The third-order valence-electron chi connectivity index (χ3n) is 3.85. The zero-order chi connectivity index (χ0) is 15.2. The SMILES string of the molecule is Cc1ccc(CCC(=O)N2CCN(CC(N)=S)CC2)cc1. The van der Waals surface area contributed by atoms with Crippen molar-refractivity contribution >= 4 is 23.1 Å². The quantitative estimate of drug-likeness (QED) is 0.835. The highest BCUT2D eigenvalue weighted by atomic mass is 32.1. The molecular formula is C16H23N3OS. The normalized spacial score (nSPS) is 16.0. The molecule has 1 saturated heterocycles. The second kappa shape index (κ2) is 7.52. The minimum Gasteiger partial charge on any atom is -0.392 e. The van der Waals surface area contributed by atoms with Crippen molar-refractivity contribution in [2.75, 3.05) is 32.7 Å². The predicted molar refractivity (Wildman–Crippen MR) is 89.3 cm³/mol. The molecule has 0 atom stereocenters. The van der Waals surface area contributed by atoms with Gasteiger partial charge in [0.15, 0.2) is 0 Å². The van der Waals surface area contributed by atoms with Gasteiger partial charge in [0.1, 0.15) is 0 Å². The van der Waals surface area contributed by atoms with Gasteiger partial charge in [-0.2, -0.15) is 0 Å². The summed E-state index contributed by atoms with van der Waals surface area (Å²) in [7, 11) is 0. The topological polar surface area (TPSA) is 49.6 Å². The summed E-state index contributed by atoms with van der Waals surface area (Å²) in [5, 5.41) is 0. The fourth-order valence-corrected chi connectivity index (χ4v) is 2.72. The molecule has 114 valence electrons. The zero-order valence-corrected chi connectivity index (χ0v) is 13.4. The van der Waals surface area contributed by atoms with Crippen LogP contribution in [0.15, 0.2) is 24.3 Å². The number of amides is 1. The van der Waals surface area contributed by atoms with Crippen LogP contribution in [0.5, 0.6) is 0 Å².